The van der Waals surface area contributed by atoms with Crippen molar-refractivity contribution in [1.29, 1.82) is 5.26 Å². The zero-order valence-corrected chi connectivity index (χ0v) is 10.5. The molecule has 0 N–H and O–H groups in total. The van der Waals surface area contributed by atoms with E-state index in [1.165, 1.54) is 5.56 Å². The first-order valence-corrected chi connectivity index (χ1v) is 5.04. The Labute approximate surface area is 104 Å². The molecule has 0 aliphatic carbocycles. The lowest BCUT2D eigenvalue weighted by Gasteiger charge is -2.24. The molecule has 0 saturated carbocycles. The summed E-state index contributed by atoms with van der Waals surface area (Å²) >= 11 is 0. The van der Waals surface area contributed by atoms with Crippen LogP contribution in [0.1, 0.15) is 5.56 Å². The van der Waals surface area contributed by atoms with E-state index in [0.29, 0.717) is 11.0 Å². The Morgan fingerprint density at radius 3 is 2.44 bits per heavy atom. The molecular weight excluding hydrogens is 220 g/mol. The van der Waals surface area contributed by atoms with Gasteiger partial charge in [0.1, 0.15) is 6.07 Å². The molecule has 2 nitrogen and oxygen atoms in total. The van der Waals surface area contributed by atoms with E-state index in [4.69, 9.17) is 5.26 Å². The highest BCUT2D eigenvalue weighted by atomic mass is 35.5. The van der Waals surface area contributed by atoms with Crippen molar-refractivity contribution >= 4 is 6.08 Å². The normalized spacial score (nSPS) is 10.8. The highest BCUT2D eigenvalue weighted by Crippen LogP contribution is 2.02. The molecule has 1 aromatic carbocycles. The van der Waals surface area contributed by atoms with Crippen LogP contribution in [0.5, 0.6) is 0 Å². The van der Waals surface area contributed by atoms with Gasteiger partial charge in [0.15, 0.2) is 6.54 Å². The Morgan fingerprint density at radius 1 is 1.25 bits per heavy atom. The zero-order valence-electron chi connectivity index (χ0n) is 9.73. The maximum absolute atomic E-state index is 8.63. The average molecular weight is 237 g/mol. The van der Waals surface area contributed by atoms with E-state index in [2.05, 4.69) is 44.4 Å². The van der Waals surface area contributed by atoms with Crippen molar-refractivity contribution < 1.29 is 16.9 Å². The van der Waals surface area contributed by atoms with Crippen LogP contribution >= 0.6 is 0 Å². The number of likely N-dealkylation sites (N-methyl/N-ethyl adjacent to an activating group) is 1. The van der Waals surface area contributed by atoms with Gasteiger partial charge in [-0.25, -0.2) is 0 Å². The minimum atomic E-state index is 0. The fourth-order valence-corrected chi connectivity index (χ4v) is 1.29. The van der Waals surface area contributed by atoms with E-state index < -0.39 is 0 Å². The van der Waals surface area contributed by atoms with Gasteiger partial charge in [-0.2, -0.15) is 5.26 Å². The first-order valence-electron chi connectivity index (χ1n) is 5.04. The fraction of sp³-hybridized carbons (Fsp3) is 0.308. The first-order chi connectivity index (χ1) is 7.14. The van der Waals surface area contributed by atoms with Crippen molar-refractivity contribution in [3.63, 3.8) is 0 Å². The predicted molar refractivity (Wildman–Crippen MR) is 62.9 cm³/mol. The van der Waals surface area contributed by atoms with Crippen molar-refractivity contribution in [1.82, 2.24) is 0 Å². The van der Waals surface area contributed by atoms with E-state index in [-0.39, 0.29) is 12.4 Å². The third-order valence-corrected chi connectivity index (χ3v) is 2.21. The molecule has 16 heavy (non-hydrogen) atoms. The van der Waals surface area contributed by atoms with Gasteiger partial charge in [-0.3, -0.25) is 0 Å². The highest BCUT2D eigenvalue weighted by molar-refractivity contribution is 5.48. The maximum atomic E-state index is 8.63. The number of hydrogen-bond acceptors (Lipinski definition) is 1. The molecule has 0 saturated heterocycles. The molecule has 86 valence electrons. The summed E-state index contributed by atoms with van der Waals surface area (Å²) in [6.07, 6.45) is 4.21. The van der Waals surface area contributed by atoms with Crippen molar-refractivity contribution in [3.8, 4) is 6.07 Å². The Kier molecular flexibility index (Phi) is 6.48. The third-order valence-electron chi connectivity index (χ3n) is 2.21. The number of nitrogens with zero attached hydrogens (tertiary/aromatic N) is 2. The van der Waals surface area contributed by atoms with Crippen molar-refractivity contribution in [2.45, 2.75) is 0 Å². The summed E-state index contributed by atoms with van der Waals surface area (Å²) in [6.45, 7) is 1.42. The summed E-state index contributed by atoms with van der Waals surface area (Å²) < 4.78 is 0.708. The minimum absolute atomic E-state index is 0. The molecular formula is C13H17ClN2. The molecule has 0 aliphatic rings. The SMILES string of the molecule is C[N+](C)(CC#N)C/C=C\c1ccccc1.[Cl-]. The van der Waals surface area contributed by atoms with Gasteiger partial charge in [0, 0.05) is 0 Å². The second-order valence-electron chi connectivity index (χ2n) is 4.25. The van der Waals surface area contributed by atoms with Crippen LogP contribution in [-0.4, -0.2) is 31.7 Å². The molecule has 0 bridgehead atoms. The minimum Gasteiger partial charge on any atom is -1.00 e. The first kappa shape index (κ1) is 14.7. The predicted octanol–water partition coefficient (Wildman–Crippen LogP) is -0.696. The highest BCUT2D eigenvalue weighted by Gasteiger charge is 2.10. The van der Waals surface area contributed by atoms with Crippen molar-refractivity contribution in [3.05, 3.63) is 42.0 Å². The summed E-state index contributed by atoms with van der Waals surface area (Å²) in [5.41, 5.74) is 1.20. The average Bonchev–Trinajstić information content (AvgIpc) is 2.19. The Morgan fingerprint density at radius 2 is 1.88 bits per heavy atom. The van der Waals surface area contributed by atoms with Crippen LogP contribution < -0.4 is 12.4 Å². The molecule has 0 unspecified atom stereocenters. The maximum Gasteiger partial charge on any atom is 0.166 e. The standard InChI is InChI=1S/C13H17N2.ClH/c1-15(2,12-10-14)11-6-9-13-7-4-3-5-8-13;/h3-9H,11-12H2,1-2H3;1H/q+1;/p-1/b9-6-;. The third kappa shape index (κ3) is 5.55. The van der Waals surface area contributed by atoms with Gasteiger partial charge < -0.3 is 16.9 Å². The summed E-state index contributed by atoms with van der Waals surface area (Å²) in [7, 11) is 4.11. The lowest BCUT2D eigenvalue weighted by Crippen LogP contribution is -3.00. The number of quaternary nitrogens is 1. The molecule has 0 atom stereocenters. The van der Waals surface area contributed by atoms with Crippen LogP contribution in [0.3, 0.4) is 0 Å². The number of nitriles is 1. The number of rotatable bonds is 4. The zero-order chi connectivity index (χ0) is 11.1. The smallest absolute Gasteiger partial charge is 0.166 e. The van der Waals surface area contributed by atoms with Crippen LogP contribution in [0.2, 0.25) is 0 Å². The van der Waals surface area contributed by atoms with E-state index in [9.17, 15) is 0 Å². The van der Waals surface area contributed by atoms with Crippen LogP contribution in [0.4, 0.5) is 0 Å². The van der Waals surface area contributed by atoms with Gasteiger partial charge in [0.05, 0.1) is 20.6 Å². The molecule has 0 radical (unpaired) electrons. The van der Waals surface area contributed by atoms with E-state index in [0.717, 1.165) is 6.54 Å². The van der Waals surface area contributed by atoms with Gasteiger partial charge in [0.25, 0.3) is 0 Å². The number of benzene rings is 1. The van der Waals surface area contributed by atoms with Gasteiger partial charge in [-0.05, 0) is 11.6 Å². The number of hydrogen-bond donors (Lipinski definition) is 0. The Bertz CT molecular complexity index is 363. The van der Waals surface area contributed by atoms with Gasteiger partial charge >= 0.3 is 0 Å². The molecule has 0 fully saturated rings. The van der Waals surface area contributed by atoms with E-state index in [1.807, 2.05) is 18.2 Å². The van der Waals surface area contributed by atoms with E-state index in [1.54, 1.807) is 0 Å². The van der Waals surface area contributed by atoms with Crippen LogP contribution in [0.25, 0.3) is 6.08 Å². The Balaban J connectivity index is 0.00000225. The second-order valence-corrected chi connectivity index (χ2v) is 4.25. The summed E-state index contributed by atoms with van der Waals surface area (Å²) in [6, 6.07) is 12.4. The quantitative estimate of drug-likeness (QED) is 0.501. The second kappa shape index (κ2) is 7.05. The topological polar surface area (TPSA) is 23.8 Å². The molecule has 1 aromatic rings. The molecule has 1 rings (SSSR count). The van der Waals surface area contributed by atoms with Crippen molar-refractivity contribution in [2.24, 2.45) is 0 Å². The Hall–Kier alpha value is -1.30. The summed E-state index contributed by atoms with van der Waals surface area (Å²) in [5.74, 6) is 0. The van der Waals surface area contributed by atoms with Gasteiger partial charge in [-0.1, -0.05) is 36.4 Å². The van der Waals surface area contributed by atoms with Gasteiger partial charge in [-0.15, -0.1) is 0 Å². The van der Waals surface area contributed by atoms with Crippen LogP contribution in [-0.2, 0) is 0 Å². The molecule has 0 spiro atoms. The summed E-state index contributed by atoms with van der Waals surface area (Å²) in [4.78, 5) is 0. The van der Waals surface area contributed by atoms with E-state index >= 15 is 0 Å². The molecule has 0 aliphatic heterocycles. The van der Waals surface area contributed by atoms with Crippen molar-refractivity contribution in [2.75, 3.05) is 27.2 Å². The number of halogens is 1. The summed E-state index contributed by atoms with van der Waals surface area (Å²) in [5, 5.41) is 8.63. The molecule has 3 heteroatoms. The van der Waals surface area contributed by atoms with Crippen LogP contribution in [0, 0.1) is 11.3 Å². The molecule has 0 heterocycles. The largest absolute Gasteiger partial charge is 1.00 e. The molecule has 0 aromatic heterocycles. The lowest BCUT2D eigenvalue weighted by molar-refractivity contribution is -0.877. The van der Waals surface area contributed by atoms with Crippen LogP contribution in [0.15, 0.2) is 36.4 Å². The molecule has 0 amide bonds. The monoisotopic (exact) mass is 236 g/mol. The lowest BCUT2D eigenvalue weighted by atomic mass is 10.2. The van der Waals surface area contributed by atoms with Gasteiger partial charge in [0.2, 0.25) is 0 Å². The fourth-order valence-electron chi connectivity index (χ4n) is 1.29.